The molecule has 0 aliphatic rings. The Morgan fingerprint density at radius 2 is 2.47 bits per heavy atom. The molecule has 0 saturated heterocycles. The maximum atomic E-state index is 4.28. The third-order valence-electron chi connectivity index (χ3n) is 2.33. The molecule has 1 N–H and O–H groups in total. The van der Waals surface area contributed by atoms with E-state index in [0.29, 0.717) is 0 Å². The van der Waals surface area contributed by atoms with Gasteiger partial charge < -0.3 is 9.88 Å². The molecule has 0 bridgehead atoms. The number of aromatic nitrogens is 2. The Kier molecular flexibility index (Phi) is 3.53. The Morgan fingerprint density at radius 3 is 3.13 bits per heavy atom. The second-order valence-electron chi connectivity index (χ2n) is 3.46. The summed E-state index contributed by atoms with van der Waals surface area (Å²) in [4.78, 5) is 5.66. The van der Waals surface area contributed by atoms with E-state index in [-0.39, 0.29) is 0 Å². The van der Waals surface area contributed by atoms with E-state index < -0.39 is 0 Å². The van der Waals surface area contributed by atoms with Gasteiger partial charge in [-0.25, -0.2) is 4.98 Å². The lowest BCUT2D eigenvalue weighted by molar-refractivity contribution is 0.659. The van der Waals surface area contributed by atoms with Crippen LogP contribution in [0.5, 0.6) is 0 Å². The highest BCUT2D eigenvalue weighted by Gasteiger charge is 1.98. The monoisotopic (exact) mass is 221 g/mol. The molecule has 80 valence electrons. The molecule has 3 nitrogen and oxygen atoms in total. The van der Waals surface area contributed by atoms with E-state index >= 15 is 0 Å². The van der Waals surface area contributed by atoms with Gasteiger partial charge >= 0.3 is 0 Å². The molecule has 2 aromatic heterocycles. The fraction of sp³-hybridized carbons (Fsp3) is 0.364. The van der Waals surface area contributed by atoms with E-state index in [1.54, 1.807) is 11.3 Å². The van der Waals surface area contributed by atoms with Gasteiger partial charge in [-0.15, -0.1) is 11.3 Å². The Balaban J connectivity index is 1.70. The SMILES string of the molecule is Cn1ccnc1CCNCc1cccs1. The molecule has 0 unspecified atom stereocenters. The van der Waals surface area contributed by atoms with Gasteiger partial charge in [-0.05, 0) is 11.4 Å². The summed E-state index contributed by atoms with van der Waals surface area (Å²) >= 11 is 1.79. The zero-order valence-corrected chi connectivity index (χ0v) is 9.63. The van der Waals surface area contributed by atoms with E-state index in [1.165, 1.54) is 4.88 Å². The van der Waals surface area contributed by atoms with Gasteiger partial charge in [0.15, 0.2) is 0 Å². The fourth-order valence-electron chi connectivity index (χ4n) is 1.46. The van der Waals surface area contributed by atoms with Crippen molar-refractivity contribution in [3.05, 3.63) is 40.6 Å². The van der Waals surface area contributed by atoms with Crippen LogP contribution in [0.15, 0.2) is 29.9 Å². The van der Waals surface area contributed by atoms with Crippen molar-refractivity contribution >= 4 is 11.3 Å². The van der Waals surface area contributed by atoms with Gasteiger partial charge in [-0.1, -0.05) is 6.07 Å². The zero-order valence-electron chi connectivity index (χ0n) is 8.81. The molecule has 15 heavy (non-hydrogen) atoms. The number of nitrogens with zero attached hydrogens (tertiary/aromatic N) is 2. The summed E-state index contributed by atoms with van der Waals surface area (Å²) in [5.41, 5.74) is 0. The third kappa shape index (κ3) is 2.91. The molecule has 2 aromatic rings. The van der Waals surface area contributed by atoms with Gasteiger partial charge in [0, 0.05) is 43.8 Å². The maximum Gasteiger partial charge on any atom is 0.109 e. The van der Waals surface area contributed by atoms with Gasteiger partial charge in [-0.2, -0.15) is 0 Å². The van der Waals surface area contributed by atoms with Crippen LogP contribution in [0, 0.1) is 0 Å². The number of nitrogens with one attached hydrogen (secondary N) is 1. The van der Waals surface area contributed by atoms with Crippen LogP contribution in [0.3, 0.4) is 0 Å². The number of imidazole rings is 1. The van der Waals surface area contributed by atoms with Crippen LogP contribution in [-0.2, 0) is 20.0 Å². The molecule has 2 rings (SSSR count). The van der Waals surface area contributed by atoms with Crippen LogP contribution in [0.25, 0.3) is 0 Å². The van der Waals surface area contributed by atoms with E-state index in [9.17, 15) is 0 Å². The molecule has 0 amide bonds. The average Bonchev–Trinajstić information content (AvgIpc) is 2.85. The average molecular weight is 221 g/mol. The van der Waals surface area contributed by atoms with E-state index in [0.717, 1.165) is 25.3 Å². The van der Waals surface area contributed by atoms with Crippen LogP contribution in [-0.4, -0.2) is 16.1 Å². The van der Waals surface area contributed by atoms with Gasteiger partial charge in [0.1, 0.15) is 5.82 Å². The lowest BCUT2D eigenvalue weighted by Crippen LogP contribution is -2.17. The first-order valence-corrected chi connectivity index (χ1v) is 5.93. The van der Waals surface area contributed by atoms with E-state index in [2.05, 4.69) is 32.4 Å². The van der Waals surface area contributed by atoms with Crippen molar-refractivity contribution in [2.24, 2.45) is 7.05 Å². The maximum absolute atomic E-state index is 4.28. The summed E-state index contributed by atoms with van der Waals surface area (Å²) in [6.07, 6.45) is 4.80. The first-order chi connectivity index (χ1) is 7.36. The molecule has 0 saturated carbocycles. The Morgan fingerprint density at radius 1 is 1.53 bits per heavy atom. The largest absolute Gasteiger partial charge is 0.338 e. The van der Waals surface area contributed by atoms with Crippen molar-refractivity contribution in [2.75, 3.05) is 6.54 Å². The molecular weight excluding hydrogens is 206 g/mol. The second kappa shape index (κ2) is 5.09. The fourth-order valence-corrected chi connectivity index (χ4v) is 2.14. The van der Waals surface area contributed by atoms with Gasteiger partial charge in [0.2, 0.25) is 0 Å². The lowest BCUT2D eigenvalue weighted by Gasteiger charge is -2.03. The second-order valence-corrected chi connectivity index (χ2v) is 4.49. The molecule has 0 aliphatic carbocycles. The minimum absolute atomic E-state index is 0.960. The molecule has 0 atom stereocenters. The summed E-state index contributed by atoms with van der Waals surface area (Å²) in [7, 11) is 2.03. The van der Waals surface area contributed by atoms with Gasteiger partial charge in [-0.3, -0.25) is 0 Å². The highest BCUT2D eigenvalue weighted by atomic mass is 32.1. The first-order valence-electron chi connectivity index (χ1n) is 5.05. The standard InChI is InChI=1S/C11H15N3S/c1-14-7-6-13-11(14)4-5-12-9-10-3-2-8-15-10/h2-3,6-8,12H,4-5,9H2,1H3. The van der Waals surface area contributed by atoms with Crippen molar-refractivity contribution in [3.63, 3.8) is 0 Å². The summed E-state index contributed by atoms with van der Waals surface area (Å²) < 4.78 is 2.06. The molecule has 0 spiro atoms. The Hall–Kier alpha value is -1.13. The molecular formula is C11H15N3S. The molecule has 0 radical (unpaired) electrons. The summed E-state index contributed by atoms with van der Waals surface area (Å²) in [5.74, 6) is 1.13. The predicted molar refractivity (Wildman–Crippen MR) is 62.9 cm³/mol. The normalized spacial score (nSPS) is 10.7. The van der Waals surface area contributed by atoms with Crippen LogP contribution < -0.4 is 5.32 Å². The topological polar surface area (TPSA) is 29.9 Å². The van der Waals surface area contributed by atoms with Gasteiger partial charge in [0.25, 0.3) is 0 Å². The Labute approximate surface area is 93.8 Å². The van der Waals surface area contributed by atoms with E-state index in [1.807, 2.05) is 19.4 Å². The molecule has 2 heterocycles. The first kappa shape index (κ1) is 10.4. The van der Waals surface area contributed by atoms with Crippen molar-refractivity contribution in [1.29, 1.82) is 0 Å². The van der Waals surface area contributed by atoms with E-state index in [4.69, 9.17) is 0 Å². The van der Waals surface area contributed by atoms with Crippen LogP contribution in [0.1, 0.15) is 10.7 Å². The van der Waals surface area contributed by atoms with Crippen LogP contribution in [0.4, 0.5) is 0 Å². The highest BCUT2D eigenvalue weighted by molar-refractivity contribution is 7.09. The summed E-state index contributed by atoms with van der Waals surface area (Å²) in [6.45, 7) is 1.94. The number of rotatable bonds is 5. The molecule has 0 aromatic carbocycles. The van der Waals surface area contributed by atoms with Crippen molar-refractivity contribution in [3.8, 4) is 0 Å². The van der Waals surface area contributed by atoms with Crippen LogP contribution >= 0.6 is 11.3 Å². The minimum atomic E-state index is 0.960. The molecule has 0 fully saturated rings. The highest BCUT2D eigenvalue weighted by Crippen LogP contribution is 2.07. The number of hydrogen-bond donors (Lipinski definition) is 1. The Bertz CT molecular complexity index is 392. The molecule has 0 aliphatic heterocycles. The van der Waals surface area contributed by atoms with Gasteiger partial charge in [0.05, 0.1) is 0 Å². The zero-order chi connectivity index (χ0) is 10.5. The smallest absolute Gasteiger partial charge is 0.109 e. The lowest BCUT2D eigenvalue weighted by atomic mass is 10.4. The number of aryl methyl sites for hydroxylation is 1. The summed E-state index contributed by atoms with van der Waals surface area (Å²) in [6, 6.07) is 4.23. The summed E-state index contributed by atoms with van der Waals surface area (Å²) in [5, 5.41) is 5.52. The number of hydrogen-bond acceptors (Lipinski definition) is 3. The molecule has 4 heteroatoms. The quantitative estimate of drug-likeness (QED) is 0.780. The minimum Gasteiger partial charge on any atom is -0.338 e. The number of thiophene rings is 1. The predicted octanol–water partition coefficient (Wildman–Crippen LogP) is 1.81. The van der Waals surface area contributed by atoms with Crippen molar-refractivity contribution in [1.82, 2.24) is 14.9 Å². The third-order valence-corrected chi connectivity index (χ3v) is 3.20. The van der Waals surface area contributed by atoms with Crippen molar-refractivity contribution < 1.29 is 0 Å². The van der Waals surface area contributed by atoms with Crippen molar-refractivity contribution in [2.45, 2.75) is 13.0 Å². The van der Waals surface area contributed by atoms with Crippen LogP contribution in [0.2, 0.25) is 0 Å².